The van der Waals surface area contributed by atoms with Gasteiger partial charge in [-0.1, -0.05) is 18.2 Å². The minimum absolute atomic E-state index is 0. The van der Waals surface area contributed by atoms with E-state index in [1.165, 1.54) is 5.56 Å². The van der Waals surface area contributed by atoms with Crippen molar-refractivity contribution in [2.24, 2.45) is 0 Å². The summed E-state index contributed by atoms with van der Waals surface area (Å²) in [5.74, 6) is 0.907. The summed E-state index contributed by atoms with van der Waals surface area (Å²) in [6.07, 6.45) is 2.01. The first kappa shape index (κ1) is 18.3. The maximum Gasteiger partial charge on any atom is 0.119 e. The Kier molecular flexibility index (Phi) is 8.85. The first-order chi connectivity index (χ1) is 8.35. The fourth-order valence-electron chi connectivity index (χ4n) is 2.28. The number of rotatable bonds is 4. The van der Waals surface area contributed by atoms with E-state index < -0.39 is 0 Å². The van der Waals surface area contributed by atoms with Crippen molar-refractivity contribution in [1.29, 1.82) is 0 Å². The van der Waals surface area contributed by atoms with Crippen LogP contribution < -0.4 is 10.1 Å². The standard InChI is InChI=1S/C14H20N2O.2ClH/c1-3-14(16-9-7-15-8-10-16)12-5-4-6-13(11-12)17-2;;/h3-6,11,14-15H,1,7-10H2,2H3;2*1H/t14-;;/m0../s1. The summed E-state index contributed by atoms with van der Waals surface area (Å²) in [5.41, 5.74) is 1.25. The molecule has 3 nitrogen and oxygen atoms in total. The van der Waals surface area contributed by atoms with Crippen molar-refractivity contribution in [3.8, 4) is 5.75 Å². The molecule has 0 aliphatic carbocycles. The molecular formula is C14H22Cl2N2O. The number of halogens is 2. The van der Waals surface area contributed by atoms with E-state index in [0.717, 1.165) is 31.9 Å². The van der Waals surface area contributed by atoms with E-state index >= 15 is 0 Å². The molecule has 1 aromatic rings. The molecule has 1 fully saturated rings. The van der Waals surface area contributed by atoms with Crippen LogP contribution in [0, 0.1) is 0 Å². The van der Waals surface area contributed by atoms with Crippen LogP contribution in [0.25, 0.3) is 0 Å². The Bertz CT molecular complexity index is 381. The van der Waals surface area contributed by atoms with Crippen molar-refractivity contribution in [1.82, 2.24) is 10.2 Å². The number of ether oxygens (including phenoxy) is 1. The fraction of sp³-hybridized carbons (Fsp3) is 0.429. The molecule has 0 radical (unpaired) electrons. The van der Waals surface area contributed by atoms with E-state index in [0.29, 0.717) is 0 Å². The first-order valence-corrected chi connectivity index (χ1v) is 6.06. The lowest BCUT2D eigenvalue weighted by atomic mass is 10.0. The van der Waals surface area contributed by atoms with Gasteiger partial charge in [0.05, 0.1) is 13.2 Å². The Morgan fingerprint density at radius 3 is 2.58 bits per heavy atom. The highest BCUT2D eigenvalue weighted by Crippen LogP contribution is 2.25. The van der Waals surface area contributed by atoms with Crippen LogP contribution in [0.2, 0.25) is 0 Å². The molecule has 1 aliphatic heterocycles. The van der Waals surface area contributed by atoms with Gasteiger partial charge in [-0.25, -0.2) is 0 Å². The second-order valence-corrected chi connectivity index (χ2v) is 4.24. The second kappa shape index (κ2) is 9.21. The summed E-state index contributed by atoms with van der Waals surface area (Å²) in [5, 5.41) is 3.37. The number of nitrogens with one attached hydrogen (secondary N) is 1. The van der Waals surface area contributed by atoms with Crippen molar-refractivity contribution >= 4 is 24.8 Å². The maximum atomic E-state index is 5.27. The van der Waals surface area contributed by atoms with E-state index in [-0.39, 0.29) is 30.9 Å². The Morgan fingerprint density at radius 1 is 1.32 bits per heavy atom. The summed E-state index contributed by atoms with van der Waals surface area (Å²) in [6, 6.07) is 8.52. The second-order valence-electron chi connectivity index (χ2n) is 4.24. The lowest BCUT2D eigenvalue weighted by Crippen LogP contribution is -2.44. The average Bonchev–Trinajstić information content (AvgIpc) is 2.41. The van der Waals surface area contributed by atoms with Gasteiger partial charge in [0.15, 0.2) is 0 Å². The zero-order valence-electron chi connectivity index (χ0n) is 11.2. The monoisotopic (exact) mass is 304 g/mol. The van der Waals surface area contributed by atoms with Gasteiger partial charge in [0.25, 0.3) is 0 Å². The molecule has 0 saturated carbocycles. The summed E-state index contributed by atoms with van der Waals surface area (Å²) in [4.78, 5) is 2.44. The molecule has 108 valence electrons. The lowest BCUT2D eigenvalue weighted by Gasteiger charge is -2.33. The zero-order valence-corrected chi connectivity index (χ0v) is 12.8. The van der Waals surface area contributed by atoms with Crippen molar-refractivity contribution < 1.29 is 4.74 Å². The van der Waals surface area contributed by atoms with Crippen molar-refractivity contribution in [3.05, 3.63) is 42.5 Å². The van der Waals surface area contributed by atoms with Crippen LogP contribution in [0.15, 0.2) is 36.9 Å². The number of nitrogens with zero attached hydrogens (tertiary/aromatic N) is 1. The molecule has 0 spiro atoms. The SMILES string of the molecule is C=C[C@@H](c1cccc(OC)c1)N1CCNCC1.Cl.Cl. The van der Waals surface area contributed by atoms with E-state index in [2.05, 4.69) is 28.9 Å². The van der Waals surface area contributed by atoms with Crippen LogP contribution in [-0.4, -0.2) is 38.2 Å². The molecule has 0 aromatic heterocycles. The fourth-order valence-corrected chi connectivity index (χ4v) is 2.28. The molecular weight excluding hydrogens is 283 g/mol. The molecule has 1 N–H and O–H groups in total. The summed E-state index contributed by atoms with van der Waals surface area (Å²) < 4.78 is 5.27. The average molecular weight is 305 g/mol. The normalized spacial score (nSPS) is 16.7. The zero-order chi connectivity index (χ0) is 12.1. The van der Waals surface area contributed by atoms with Gasteiger partial charge < -0.3 is 10.1 Å². The van der Waals surface area contributed by atoms with Gasteiger partial charge in [-0.2, -0.15) is 0 Å². The molecule has 1 saturated heterocycles. The maximum absolute atomic E-state index is 5.27. The molecule has 19 heavy (non-hydrogen) atoms. The van der Waals surface area contributed by atoms with Crippen LogP contribution in [0.3, 0.4) is 0 Å². The van der Waals surface area contributed by atoms with E-state index in [1.807, 2.05) is 18.2 Å². The van der Waals surface area contributed by atoms with E-state index in [9.17, 15) is 0 Å². The number of benzene rings is 1. The molecule has 1 aromatic carbocycles. The summed E-state index contributed by atoms with van der Waals surface area (Å²) >= 11 is 0. The van der Waals surface area contributed by atoms with Crippen molar-refractivity contribution in [2.75, 3.05) is 33.3 Å². The van der Waals surface area contributed by atoms with E-state index in [1.54, 1.807) is 7.11 Å². The Morgan fingerprint density at radius 2 is 2.00 bits per heavy atom. The Hall–Kier alpha value is -0.740. The summed E-state index contributed by atoms with van der Waals surface area (Å²) in [7, 11) is 1.70. The first-order valence-electron chi connectivity index (χ1n) is 6.06. The smallest absolute Gasteiger partial charge is 0.119 e. The number of hydrogen-bond acceptors (Lipinski definition) is 3. The molecule has 5 heteroatoms. The van der Waals surface area contributed by atoms with Gasteiger partial charge >= 0.3 is 0 Å². The van der Waals surface area contributed by atoms with Crippen LogP contribution in [0.5, 0.6) is 5.75 Å². The quantitative estimate of drug-likeness (QED) is 0.866. The molecule has 1 heterocycles. The topological polar surface area (TPSA) is 24.5 Å². The highest BCUT2D eigenvalue weighted by atomic mass is 35.5. The number of methoxy groups -OCH3 is 1. The predicted octanol–water partition coefficient (Wildman–Crippen LogP) is 2.67. The van der Waals surface area contributed by atoms with Crippen LogP contribution in [0.4, 0.5) is 0 Å². The Labute approximate surface area is 127 Å². The largest absolute Gasteiger partial charge is 0.497 e. The third kappa shape index (κ3) is 4.69. The molecule has 2 rings (SSSR count). The molecule has 1 aliphatic rings. The van der Waals surface area contributed by atoms with Gasteiger partial charge in [-0.3, -0.25) is 4.90 Å². The summed E-state index contributed by atoms with van der Waals surface area (Å²) in [6.45, 7) is 8.19. The van der Waals surface area contributed by atoms with Crippen LogP contribution >= 0.6 is 24.8 Å². The number of hydrogen-bond donors (Lipinski definition) is 1. The lowest BCUT2D eigenvalue weighted by molar-refractivity contribution is 0.203. The molecule has 0 unspecified atom stereocenters. The highest BCUT2D eigenvalue weighted by molar-refractivity contribution is 5.85. The van der Waals surface area contributed by atoms with Crippen molar-refractivity contribution in [3.63, 3.8) is 0 Å². The van der Waals surface area contributed by atoms with Gasteiger partial charge in [0, 0.05) is 26.2 Å². The minimum atomic E-state index is 0. The molecule has 0 amide bonds. The van der Waals surface area contributed by atoms with Crippen LogP contribution in [0.1, 0.15) is 11.6 Å². The Balaban J connectivity index is 0.00000162. The number of piperazine rings is 1. The minimum Gasteiger partial charge on any atom is -0.497 e. The van der Waals surface area contributed by atoms with E-state index in [4.69, 9.17) is 4.74 Å². The molecule has 0 bridgehead atoms. The van der Waals surface area contributed by atoms with Gasteiger partial charge in [-0.05, 0) is 17.7 Å². The van der Waals surface area contributed by atoms with Crippen LogP contribution in [-0.2, 0) is 0 Å². The van der Waals surface area contributed by atoms with Gasteiger partial charge in [0.2, 0.25) is 0 Å². The highest BCUT2D eigenvalue weighted by Gasteiger charge is 2.19. The third-order valence-corrected chi connectivity index (χ3v) is 3.20. The predicted molar refractivity (Wildman–Crippen MR) is 84.9 cm³/mol. The molecule has 1 atom stereocenters. The van der Waals surface area contributed by atoms with Gasteiger partial charge in [0.1, 0.15) is 5.75 Å². The van der Waals surface area contributed by atoms with Gasteiger partial charge in [-0.15, -0.1) is 31.4 Å². The van der Waals surface area contributed by atoms with Crippen molar-refractivity contribution in [2.45, 2.75) is 6.04 Å². The third-order valence-electron chi connectivity index (χ3n) is 3.20.